The minimum absolute atomic E-state index is 0.0100. The van der Waals surface area contributed by atoms with E-state index in [1.807, 2.05) is 84.9 Å². The van der Waals surface area contributed by atoms with E-state index in [4.69, 9.17) is 5.73 Å². The number of benzene rings is 3. The van der Waals surface area contributed by atoms with Crippen LogP contribution in [0.3, 0.4) is 0 Å². The lowest BCUT2D eigenvalue weighted by Gasteiger charge is -2.53. The molecule has 1 aliphatic carbocycles. The van der Waals surface area contributed by atoms with Gasteiger partial charge in [0.2, 0.25) is 35.4 Å². The SMILES string of the molecule is CN(Cc1ccccc1)C(=O)[C@H](Cc1ccccc1)NC(=O)[C@@H](Cc1cn(C(=O)CCCCCCN)c2ccccc12)NC(=O)CC1NC(=O)C2C3CCC(CC3)N2C1=O. The van der Waals surface area contributed by atoms with Gasteiger partial charge < -0.3 is 31.5 Å². The number of nitrogens with one attached hydrogen (secondary N) is 3. The van der Waals surface area contributed by atoms with E-state index < -0.39 is 36.0 Å². The average Bonchev–Trinajstić information content (AvgIpc) is 3.63. The standard InChI is InChI=1S/C47H57N7O6/c1-52(29-32-16-8-5-9-17-32)46(59)38(26-31-14-6-4-7-15-31)50-44(57)37(27-34-30-53(40-19-12-11-18-36(34)40)42(56)20-10-2-3-13-25-48)49-41(55)28-39-47(60)54-35-23-21-33(22-24-35)43(54)45(58)51-39/h4-9,11-12,14-19,30,33,35,37-39,43H,2-3,10,13,20-29,48H2,1H3,(H,49,55)(H,50,57)(H,51,58)/t33?,35?,37-,38+,39?,43?/m1/s1. The molecule has 3 aliphatic heterocycles. The molecule has 1 saturated carbocycles. The van der Waals surface area contributed by atoms with Crippen molar-refractivity contribution in [3.8, 4) is 0 Å². The molecular formula is C47H57N7O6. The summed E-state index contributed by atoms with van der Waals surface area (Å²) in [4.78, 5) is 86.9. The molecule has 4 aromatic rings. The average molecular weight is 816 g/mol. The van der Waals surface area contributed by atoms with Crippen molar-refractivity contribution >= 4 is 46.3 Å². The molecule has 2 unspecified atom stereocenters. The first-order valence-electron chi connectivity index (χ1n) is 21.5. The van der Waals surface area contributed by atoms with Crippen LogP contribution in [-0.2, 0) is 43.4 Å². The number of hydrogen-bond donors (Lipinski definition) is 4. The van der Waals surface area contributed by atoms with E-state index in [0.717, 1.165) is 61.5 Å². The van der Waals surface area contributed by atoms with Gasteiger partial charge in [-0.2, -0.15) is 0 Å². The number of piperazine rings is 1. The fourth-order valence-corrected chi connectivity index (χ4v) is 9.35. The molecule has 5 amide bonds. The molecule has 2 bridgehead atoms. The van der Waals surface area contributed by atoms with Crippen molar-refractivity contribution in [1.29, 1.82) is 0 Å². The summed E-state index contributed by atoms with van der Waals surface area (Å²) in [6.45, 7) is 0.934. The Kier molecular flexibility index (Phi) is 13.7. The Morgan fingerprint density at radius 1 is 0.800 bits per heavy atom. The van der Waals surface area contributed by atoms with E-state index in [1.54, 1.807) is 27.6 Å². The summed E-state index contributed by atoms with van der Waals surface area (Å²) in [5.41, 5.74) is 8.76. The molecule has 4 atom stereocenters. The Balaban J connectivity index is 1.15. The maximum atomic E-state index is 14.6. The van der Waals surface area contributed by atoms with E-state index in [0.29, 0.717) is 37.0 Å². The summed E-state index contributed by atoms with van der Waals surface area (Å²) in [5.74, 6) is -1.98. The summed E-state index contributed by atoms with van der Waals surface area (Å²) < 4.78 is 1.61. The van der Waals surface area contributed by atoms with E-state index in [9.17, 15) is 28.8 Å². The molecule has 4 heterocycles. The number of likely N-dealkylation sites (N-methyl/N-ethyl adjacent to an activating group) is 1. The van der Waals surface area contributed by atoms with Gasteiger partial charge in [-0.25, -0.2) is 0 Å². The summed E-state index contributed by atoms with van der Waals surface area (Å²) in [6.07, 6.45) is 8.85. The number of carbonyl (C=O) groups is 6. The van der Waals surface area contributed by atoms with Gasteiger partial charge in [0.15, 0.2) is 0 Å². The molecule has 60 heavy (non-hydrogen) atoms. The third-order valence-corrected chi connectivity index (χ3v) is 12.4. The molecule has 0 spiro atoms. The van der Waals surface area contributed by atoms with Gasteiger partial charge in [0.05, 0.1) is 11.9 Å². The number of amides is 5. The predicted molar refractivity (Wildman–Crippen MR) is 228 cm³/mol. The van der Waals surface area contributed by atoms with Crippen molar-refractivity contribution in [3.63, 3.8) is 0 Å². The van der Waals surface area contributed by atoms with Crippen LogP contribution in [-0.4, -0.2) is 93.6 Å². The highest BCUT2D eigenvalue weighted by Gasteiger charge is 2.52. The highest BCUT2D eigenvalue weighted by atomic mass is 16.2. The zero-order valence-electron chi connectivity index (χ0n) is 34.4. The Morgan fingerprint density at radius 3 is 2.18 bits per heavy atom. The van der Waals surface area contributed by atoms with Gasteiger partial charge in [-0.05, 0) is 73.7 Å². The van der Waals surface area contributed by atoms with Gasteiger partial charge in [-0.3, -0.25) is 33.3 Å². The smallest absolute Gasteiger partial charge is 0.246 e. The molecule has 316 valence electrons. The third-order valence-electron chi connectivity index (χ3n) is 12.4. The van der Waals surface area contributed by atoms with Gasteiger partial charge in [-0.1, -0.05) is 91.7 Å². The second-order valence-corrected chi connectivity index (χ2v) is 16.7. The zero-order valence-corrected chi connectivity index (χ0v) is 34.4. The monoisotopic (exact) mass is 815 g/mol. The van der Waals surface area contributed by atoms with Gasteiger partial charge in [-0.15, -0.1) is 0 Å². The summed E-state index contributed by atoms with van der Waals surface area (Å²) in [7, 11) is 1.69. The van der Waals surface area contributed by atoms with Crippen molar-refractivity contribution < 1.29 is 28.8 Å². The number of carbonyl (C=O) groups excluding carboxylic acids is 6. The van der Waals surface area contributed by atoms with Crippen LogP contribution in [0.15, 0.2) is 91.1 Å². The van der Waals surface area contributed by atoms with Crippen molar-refractivity contribution in [2.75, 3.05) is 13.6 Å². The minimum atomic E-state index is -1.21. The Bertz CT molecular complexity index is 2170. The van der Waals surface area contributed by atoms with E-state index in [2.05, 4.69) is 16.0 Å². The van der Waals surface area contributed by atoms with E-state index in [-0.39, 0.29) is 54.9 Å². The number of nitrogens with two attached hydrogens (primary N) is 1. The van der Waals surface area contributed by atoms with Crippen LogP contribution in [0, 0.1) is 5.92 Å². The first-order valence-corrected chi connectivity index (χ1v) is 21.5. The molecule has 4 aliphatic rings. The molecule has 13 nitrogen and oxygen atoms in total. The van der Waals surface area contributed by atoms with Gasteiger partial charge in [0.1, 0.15) is 24.2 Å². The quantitative estimate of drug-likeness (QED) is 0.109. The van der Waals surface area contributed by atoms with Crippen LogP contribution in [0.1, 0.15) is 85.7 Å². The zero-order chi connectivity index (χ0) is 42.2. The topological polar surface area (TPSA) is 176 Å². The molecule has 4 fully saturated rings. The predicted octanol–water partition coefficient (Wildman–Crippen LogP) is 4.26. The fourth-order valence-electron chi connectivity index (χ4n) is 9.35. The molecule has 5 N–H and O–H groups in total. The van der Waals surface area contributed by atoms with Crippen LogP contribution >= 0.6 is 0 Å². The van der Waals surface area contributed by atoms with Crippen LogP contribution in [0.2, 0.25) is 0 Å². The number of aromatic nitrogens is 1. The normalized spacial score (nSPS) is 20.5. The molecule has 8 rings (SSSR count). The molecule has 3 aromatic carbocycles. The third kappa shape index (κ3) is 9.79. The van der Waals surface area contributed by atoms with Gasteiger partial charge in [0, 0.05) is 50.5 Å². The molecule has 3 saturated heterocycles. The second kappa shape index (κ2) is 19.5. The molecular weight excluding hydrogens is 759 g/mol. The Morgan fingerprint density at radius 2 is 1.47 bits per heavy atom. The summed E-state index contributed by atoms with van der Waals surface area (Å²) >= 11 is 0. The van der Waals surface area contributed by atoms with E-state index >= 15 is 0 Å². The van der Waals surface area contributed by atoms with Crippen molar-refractivity contribution in [1.82, 2.24) is 30.3 Å². The molecule has 0 radical (unpaired) electrons. The number of piperidine rings is 2. The fraction of sp³-hybridized carbons (Fsp3) is 0.447. The first kappa shape index (κ1) is 42.3. The largest absolute Gasteiger partial charge is 0.344 e. The van der Waals surface area contributed by atoms with Crippen LogP contribution in [0.4, 0.5) is 0 Å². The van der Waals surface area contributed by atoms with Crippen LogP contribution < -0.4 is 21.7 Å². The summed E-state index contributed by atoms with van der Waals surface area (Å²) in [6, 6.07) is 22.6. The maximum Gasteiger partial charge on any atom is 0.246 e. The lowest BCUT2D eigenvalue weighted by molar-refractivity contribution is -0.163. The lowest BCUT2D eigenvalue weighted by Crippen LogP contribution is -2.71. The number of hydrogen-bond acceptors (Lipinski definition) is 7. The number of nitrogens with zero attached hydrogens (tertiary/aromatic N) is 3. The van der Waals surface area contributed by atoms with Crippen molar-refractivity contribution in [2.24, 2.45) is 11.7 Å². The lowest BCUT2D eigenvalue weighted by atomic mass is 9.73. The summed E-state index contributed by atoms with van der Waals surface area (Å²) in [5, 5.41) is 9.44. The molecule has 1 aromatic heterocycles. The highest BCUT2D eigenvalue weighted by molar-refractivity contribution is 6.01. The number of para-hydroxylation sites is 1. The van der Waals surface area contributed by atoms with Crippen LogP contribution in [0.5, 0.6) is 0 Å². The minimum Gasteiger partial charge on any atom is -0.344 e. The Labute approximate surface area is 351 Å². The maximum absolute atomic E-state index is 14.6. The second-order valence-electron chi connectivity index (χ2n) is 16.7. The van der Waals surface area contributed by atoms with Crippen LogP contribution in [0.25, 0.3) is 10.9 Å². The van der Waals surface area contributed by atoms with Crippen molar-refractivity contribution in [3.05, 3.63) is 108 Å². The number of rotatable bonds is 18. The van der Waals surface area contributed by atoms with E-state index in [1.165, 1.54) is 0 Å². The Hall–Kier alpha value is -5.82. The molecule has 13 heteroatoms. The highest BCUT2D eigenvalue weighted by Crippen LogP contribution is 2.41. The first-order chi connectivity index (χ1) is 29.1. The van der Waals surface area contributed by atoms with Gasteiger partial charge in [0.25, 0.3) is 0 Å². The van der Waals surface area contributed by atoms with Gasteiger partial charge >= 0.3 is 0 Å². The number of fused-ring (bicyclic) bond motifs is 3. The number of unbranched alkanes of at least 4 members (excludes halogenated alkanes) is 3. The van der Waals surface area contributed by atoms with Crippen molar-refractivity contribution in [2.45, 2.75) is 114 Å².